The number of nitrogens with two attached hydrogens (primary N) is 1. The van der Waals surface area contributed by atoms with Crippen LogP contribution in [-0.4, -0.2) is 49.5 Å². The van der Waals surface area contributed by atoms with Crippen LogP contribution in [0.5, 0.6) is 0 Å². The smallest absolute Gasteiger partial charge is 0.191 e. The molecule has 0 aliphatic carbocycles. The number of rotatable bonds is 4. The van der Waals surface area contributed by atoms with E-state index in [1.54, 1.807) is 19.0 Å². The molecule has 1 heterocycles. The van der Waals surface area contributed by atoms with E-state index in [1.165, 1.54) is 31.0 Å². The third-order valence-corrected chi connectivity index (χ3v) is 4.31. The lowest BCUT2D eigenvalue weighted by molar-refractivity contribution is 0.289. The Kier molecular flexibility index (Phi) is 8.90. The number of nitrogens with zero attached hydrogens (tertiary/aromatic N) is 3. The summed E-state index contributed by atoms with van der Waals surface area (Å²) in [7, 11) is 3.57. The summed E-state index contributed by atoms with van der Waals surface area (Å²) in [5, 5.41) is 0. The van der Waals surface area contributed by atoms with Crippen molar-refractivity contribution < 1.29 is 8.78 Å². The van der Waals surface area contributed by atoms with E-state index < -0.39 is 17.7 Å². The molecular weight excluding hydrogens is 425 g/mol. The highest BCUT2D eigenvalue weighted by atomic mass is 127. The van der Waals surface area contributed by atoms with E-state index in [0.29, 0.717) is 5.96 Å². The Morgan fingerprint density at radius 1 is 1.17 bits per heavy atom. The number of benzene rings is 1. The van der Waals surface area contributed by atoms with Crippen LogP contribution < -0.4 is 5.73 Å². The fourth-order valence-electron chi connectivity index (χ4n) is 2.92. The summed E-state index contributed by atoms with van der Waals surface area (Å²) in [5.41, 5.74) is 6.14. The summed E-state index contributed by atoms with van der Waals surface area (Å²) in [6.45, 7) is 2.03. The van der Waals surface area contributed by atoms with Gasteiger partial charge in [0.05, 0.1) is 12.6 Å². The molecule has 24 heavy (non-hydrogen) atoms. The Labute approximate surface area is 160 Å². The molecule has 136 valence electrons. The van der Waals surface area contributed by atoms with Gasteiger partial charge in [0, 0.05) is 18.7 Å². The monoisotopic (exact) mass is 452 g/mol. The average molecular weight is 452 g/mol. The molecule has 1 saturated heterocycles. The molecule has 0 saturated carbocycles. The van der Waals surface area contributed by atoms with Gasteiger partial charge in [-0.3, -0.25) is 4.99 Å². The number of hydrogen-bond donors (Lipinski definition) is 1. The van der Waals surface area contributed by atoms with Gasteiger partial charge in [0.15, 0.2) is 5.96 Å². The van der Waals surface area contributed by atoms with Crippen molar-refractivity contribution >= 4 is 29.9 Å². The van der Waals surface area contributed by atoms with Crippen LogP contribution in [0.25, 0.3) is 0 Å². The normalized spacial score (nSPS) is 17.4. The van der Waals surface area contributed by atoms with Crippen LogP contribution >= 0.6 is 24.0 Å². The number of guanidine groups is 1. The highest BCUT2D eigenvalue weighted by Gasteiger charge is 2.22. The second kappa shape index (κ2) is 10.1. The first-order chi connectivity index (χ1) is 11.0. The van der Waals surface area contributed by atoms with Crippen LogP contribution in [-0.2, 0) is 0 Å². The third kappa shape index (κ3) is 5.54. The van der Waals surface area contributed by atoms with Gasteiger partial charge in [-0.2, -0.15) is 0 Å². The van der Waals surface area contributed by atoms with E-state index in [2.05, 4.69) is 9.89 Å². The Morgan fingerprint density at radius 2 is 1.71 bits per heavy atom. The maximum atomic E-state index is 14.0. The van der Waals surface area contributed by atoms with Crippen LogP contribution in [0.15, 0.2) is 23.2 Å². The lowest BCUT2D eigenvalue weighted by Crippen LogP contribution is -2.38. The second-order valence-corrected chi connectivity index (χ2v) is 6.21. The molecule has 2 rings (SSSR count). The highest BCUT2D eigenvalue weighted by molar-refractivity contribution is 14.0. The number of likely N-dealkylation sites (tertiary alicyclic amines) is 1. The molecule has 1 aromatic rings. The van der Waals surface area contributed by atoms with Gasteiger partial charge in [0.1, 0.15) is 11.6 Å². The molecule has 0 aromatic heterocycles. The first kappa shape index (κ1) is 21.1. The third-order valence-electron chi connectivity index (χ3n) is 4.31. The maximum Gasteiger partial charge on any atom is 0.191 e. The molecule has 4 nitrogen and oxygen atoms in total. The summed E-state index contributed by atoms with van der Waals surface area (Å²) >= 11 is 0. The van der Waals surface area contributed by atoms with E-state index >= 15 is 0 Å². The summed E-state index contributed by atoms with van der Waals surface area (Å²) < 4.78 is 28.1. The van der Waals surface area contributed by atoms with Crippen LogP contribution in [0.3, 0.4) is 0 Å². The number of aliphatic imine (C=N–C) groups is 1. The molecule has 1 aromatic carbocycles. The summed E-state index contributed by atoms with van der Waals surface area (Å²) in [6, 6.07) is 3.44. The van der Waals surface area contributed by atoms with Gasteiger partial charge in [-0.15, -0.1) is 24.0 Å². The van der Waals surface area contributed by atoms with Crippen LogP contribution in [0.4, 0.5) is 8.78 Å². The molecule has 1 fully saturated rings. The lowest BCUT2D eigenvalue weighted by Gasteiger charge is -2.26. The van der Waals surface area contributed by atoms with Crippen molar-refractivity contribution in [1.29, 1.82) is 0 Å². The van der Waals surface area contributed by atoms with Gasteiger partial charge in [0.2, 0.25) is 0 Å². The Balaban J connectivity index is 0.00000288. The molecule has 1 aliphatic rings. The first-order valence-electron chi connectivity index (χ1n) is 8.16. The van der Waals surface area contributed by atoms with Crippen LogP contribution in [0.2, 0.25) is 0 Å². The zero-order chi connectivity index (χ0) is 16.8. The Bertz CT molecular complexity index is 523. The quantitative estimate of drug-likeness (QED) is 0.433. The fourth-order valence-corrected chi connectivity index (χ4v) is 2.92. The van der Waals surface area contributed by atoms with Crippen molar-refractivity contribution in [2.24, 2.45) is 10.7 Å². The predicted molar refractivity (Wildman–Crippen MR) is 105 cm³/mol. The van der Waals surface area contributed by atoms with Crippen molar-refractivity contribution in [3.63, 3.8) is 0 Å². The molecule has 7 heteroatoms. The fraction of sp³-hybridized carbons (Fsp3) is 0.588. The minimum absolute atomic E-state index is 0. The minimum atomic E-state index is -0.549. The van der Waals surface area contributed by atoms with Gasteiger partial charge in [-0.1, -0.05) is 18.9 Å². The maximum absolute atomic E-state index is 14.0. The minimum Gasteiger partial charge on any atom is -0.370 e. The molecule has 2 N–H and O–H groups in total. The van der Waals surface area contributed by atoms with Gasteiger partial charge >= 0.3 is 0 Å². The van der Waals surface area contributed by atoms with Crippen LogP contribution in [0.1, 0.15) is 37.3 Å². The first-order valence-corrected chi connectivity index (χ1v) is 8.16. The molecule has 0 amide bonds. The molecule has 1 aliphatic heterocycles. The van der Waals surface area contributed by atoms with E-state index in [1.807, 2.05) is 0 Å². The molecular formula is C17H27F2IN4. The number of likely N-dealkylation sites (N-methyl/N-ethyl adjacent to an activating group) is 1. The van der Waals surface area contributed by atoms with Crippen molar-refractivity contribution in [2.45, 2.75) is 31.7 Å². The van der Waals surface area contributed by atoms with Crippen molar-refractivity contribution in [3.05, 3.63) is 35.4 Å². The molecule has 0 bridgehead atoms. The zero-order valence-electron chi connectivity index (χ0n) is 14.3. The molecule has 1 unspecified atom stereocenters. The largest absolute Gasteiger partial charge is 0.370 e. The second-order valence-electron chi connectivity index (χ2n) is 6.21. The van der Waals surface area contributed by atoms with Gasteiger partial charge in [-0.05, 0) is 39.1 Å². The topological polar surface area (TPSA) is 44.9 Å². The van der Waals surface area contributed by atoms with E-state index in [9.17, 15) is 8.78 Å². The van der Waals surface area contributed by atoms with Crippen molar-refractivity contribution in [1.82, 2.24) is 9.80 Å². The number of hydrogen-bond acceptors (Lipinski definition) is 2. The predicted octanol–water partition coefficient (Wildman–Crippen LogP) is 3.38. The average Bonchev–Trinajstić information content (AvgIpc) is 2.78. The molecule has 1 atom stereocenters. The molecule has 0 spiro atoms. The van der Waals surface area contributed by atoms with Gasteiger partial charge < -0.3 is 15.5 Å². The van der Waals surface area contributed by atoms with Crippen LogP contribution in [0, 0.1) is 11.6 Å². The summed E-state index contributed by atoms with van der Waals surface area (Å²) in [4.78, 5) is 8.25. The highest BCUT2D eigenvalue weighted by Crippen LogP contribution is 2.24. The lowest BCUT2D eigenvalue weighted by atomic mass is 10.0. The van der Waals surface area contributed by atoms with Gasteiger partial charge in [-0.25, -0.2) is 8.78 Å². The molecule has 0 radical (unpaired) electrons. The zero-order valence-corrected chi connectivity index (χ0v) is 16.7. The Hall–Kier alpha value is -0.960. The number of halogens is 3. The van der Waals surface area contributed by atoms with E-state index in [4.69, 9.17) is 5.73 Å². The SMILES string of the molecule is CN(C)C(CN=C(N)N1CCCCCC1)c1c(F)cccc1F.I. The standard InChI is InChI=1S/C17H26F2N4.HI/c1-22(2)15(16-13(18)8-7-9-14(16)19)12-21-17(20)23-10-5-3-4-6-11-23;/h7-9,15H,3-6,10-12H2,1-2H3,(H2,20,21);1H. The van der Waals surface area contributed by atoms with Gasteiger partial charge in [0.25, 0.3) is 0 Å². The van der Waals surface area contributed by atoms with E-state index in [-0.39, 0.29) is 36.1 Å². The van der Waals surface area contributed by atoms with E-state index in [0.717, 1.165) is 25.9 Å². The Morgan fingerprint density at radius 3 is 2.21 bits per heavy atom. The van der Waals surface area contributed by atoms with Crippen molar-refractivity contribution in [3.8, 4) is 0 Å². The summed E-state index contributed by atoms with van der Waals surface area (Å²) in [5.74, 6) is -0.630. The summed E-state index contributed by atoms with van der Waals surface area (Å²) in [6.07, 6.45) is 4.64. The van der Waals surface area contributed by atoms with Crippen molar-refractivity contribution in [2.75, 3.05) is 33.7 Å².